The molecule has 0 saturated heterocycles. The third kappa shape index (κ3) is 3.49. The van der Waals surface area contributed by atoms with Gasteiger partial charge >= 0.3 is 0 Å². The molecule has 0 amide bonds. The fourth-order valence-corrected chi connectivity index (χ4v) is 2.17. The molecule has 1 aromatic carbocycles. The molecule has 1 aromatic heterocycles. The van der Waals surface area contributed by atoms with Crippen molar-refractivity contribution in [3.63, 3.8) is 0 Å². The Morgan fingerprint density at radius 3 is 2.43 bits per heavy atom. The maximum absolute atomic E-state index is 6.33. The van der Waals surface area contributed by atoms with Gasteiger partial charge in [-0.1, -0.05) is 17.7 Å². The van der Waals surface area contributed by atoms with Crippen LogP contribution in [0.1, 0.15) is 5.56 Å². The SMILES string of the molecule is COc1ccc(NCc2ccc(OC)c(OC)c2Cl)cn1. The molecule has 0 fully saturated rings. The number of aromatic nitrogens is 1. The molecular weight excluding hydrogens is 292 g/mol. The van der Waals surface area contributed by atoms with E-state index in [-0.39, 0.29) is 0 Å². The molecule has 112 valence electrons. The van der Waals surface area contributed by atoms with Crippen molar-refractivity contribution < 1.29 is 14.2 Å². The Morgan fingerprint density at radius 2 is 1.86 bits per heavy atom. The Labute approximate surface area is 128 Å². The fourth-order valence-electron chi connectivity index (χ4n) is 1.87. The molecule has 0 bridgehead atoms. The Morgan fingerprint density at radius 1 is 1.05 bits per heavy atom. The first kappa shape index (κ1) is 15.3. The monoisotopic (exact) mass is 308 g/mol. The summed E-state index contributed by atoms with van der Waals surface area (Å²) in [6.45, 7) is 0.549. The second-order valence-electron chi connectivity index (χ2n) is 4.22. The number of nitrogens with one attached hydrogen (secondary N) is 1. The van der Waals surface area contributed by atoms with Crippen LogP contribution < -0.4 is 19.5 Å². The van der Waals surface area contributed by atoms with Gasteiger partial charge < -0.3 is 19.5 Å². The quantitative estimate of drug-likeness (QED) is 0.886. The molecule has 0 aliphatic heterocycles. The number of ether oxygens (including phenoxy) is 3. The third-order valence-electron chi connectivity index (χ3n) is 2.99. The largest absolute Gasteiger partial charge is 0.493 e. The number of halogens is 1. The summed E-state index contributed by atoms with van der Waals surface area (Å²) in [6.07, 6.45) is 1.70. The predicted molar refractivity (Wildman–Crippen MR) is 82.7 cm³/mol. The molecule has 0 aliphatic rings. The molecule has 0 aliphatic carbocycles. The van der Waals surface area contributed by atoms with Gasteiger partial charge in [0.2, 0.25) is 5.88 Å². The molecule has 0 atom stereocenters. The second-order valence-corrected chi connectivity index (χ2v) is 4.59. The molecule has 0 unspecified atom stereocenters. The van der Waals surface area contributed by atoms with Gasteiger partial charge in [0.15, 0.2) is 11.5 Å². The lowest BCUT2D eigenvalue weighted by atomic mass is 10.2. The smallest absolute Gasteiger partial charge is 0.213 e. The number of nitrogens with zero attached hydrogens (tertiary/aromatic N) is 1. The predicted octanol–water partition coefficient (Wildman–Crippen LogP) is 3.37. The van der Waals surface area contributed by atoms with E-state index < -0.39 is 0 Å². The number of benzene rings is 1. The van der Waals surface area contributed by atoms with Crippen LogP contribution in [-0.2, 0) is 6.54 Å². The van der Waals surface area contributed by atoms with Crippen LogP contribution >= 0.6 is 11.6 Å². The van der Waals surface area contributed by atoms with Gasteiger partial charge in [-0.2, -0.15) is 0 Å². The Balaban J connectivity index is 2.12. The number of anilines is 1. The molecule has 0 saturated carbocycles. The fraction of sp³-hybridized carbons (Fsp3) is 0.267. The summed E-state index contributed by atoms with van der Waals surface area (Å²) in [6, 6.07) is 7.40. The van der Waals surface area contributed by atoms with Gasteiger partial charge in [0.25, 0.3) is 0 Å². The van der Waals surface area contributed by atoms with Crippen LogP contribution in [0.2, 0.25) is 5.02 Å². The topological polar surface area (TPSA) is 52.6 Å². The Kier molecular flexibility index (Phi) is 5.11. The van der Waals surface area contributed by atoms with Crippen LogP contribution in [0.15, 0.2) is 30.5 Å². The third-order valence-corrected chi connectivity index (χ3v) is 3.41. The van der Waals surface area contributed by atoms with Crippen molar-refractivity contribution in [1.82, 2.24) is 4.98 Å². The van der Waals surface area contributed by atoms with Crippen LogP contribution in [0.3, 0.4) is 0 Å². The average Bonchev–Trinajstić information content (AvgIpc) is 2.53. The molecule has 2 rings (SSSR count). The number of hydrogen-bond donors (Lipinski definition) is 1. The van der Waals surface area contributed by atoms with Crippen molar-refractivity contribution in [2.75, 3.05) is 26.6 Å². The number of methoxy groups -OCH3 is 3. The molecular formula is C15H17ClN2O3. The van der Waals surface area contributed by atoms with E-state index >= 15 is 0 Å². The molecule has 2 aromatic rings. The molecule has 1 heterocycles. The van der Waals surface area contributed by atoms with Crippen molar-refractivity contribution in [2.45, 2.75) is 6.54 Å². The molecule has 6 heteroatoms. The normalized spacial score (nSPS) is 10.1. The van der Waals surface area contributed by atoms with Crippen molar-refractivity contribution in [1.29, 1.82) is 0 Å². The average molecular weight is 309 g/mol. The summed E-state index contributed by atoms with van der Waals surface area (Å²) in [7, 11) is 4.72. The highest BCUT2D eigenvalue weighted by molar-refractivity contribution is 6.33. The van der Waals surface area contributed by atoms with Gasteiger partial charge in [-0.3, -0.25) is 0 Å². The van der Waals surface area contributed by atoms with Crippen molar-refractivity contribution in [2.24, 2.45) is 0 Å². The maximum atomic E-state index is 6.33. The van der Waals surface area contributed by atoms with E-state index in [0.717, 1.165) is 11.3 Å². The minimum absolute atomic E-state index is 0.533. The van der Waals surface area contributed by atoms with Gasteiger partial charge in [-0.25, -0.2) is 4.98 Å². The summed E-state index contributed by atoms with van der Waals surface area (Å²) in [5.41, 5.74) is 1.78. The first-order valence-electron chi connectivity index (χ1n) is 6.33. The van der Waals surface area contributed by atoms with Crippen LogP contribution in [0, 0.1) is 0 Å². The highest BCUT2D eigenvalue weighted by Crippen LogP contribution is 2.37. The summed E-state index contributed by atoms with van der Waals surface area (Å²) in [5, 5.41) is 3.78. The lowest BCUT2D eigenvalue weighted by Gasteiger charge is -2.13. The summed E-state index contributed by atoms with van der Waals surface area (Å²) in [5.74, 6) is 1.72. The first-order chi connectivity index (χ1) is 10.2. The van der Waals surface area contributed by atoms with Crippen LogP contribution in [-0.4, -0.2) is 26.3 Å². The molecule has 0 spiro atoms. The lowest BCUT2D eigenvalue weighted by Crippen LogP contribution is -2.02. The van der Waals surface area contributed by atoms with E-state index in [0.29, 0.717) is 28.9 Å². The molecule has 1 N–H and O–H groups in total. The van der Waals surface area contributed by atoms with Gasteiger partial charge in [-0.15, -0.1) is 0 Å². The van der Waals surface area contributed by atoms with Crippen LogP contribution in [0.4, 0.5) is 5.69 Å². The second kappa shape index (κ2) is 7.04. The minimum atomic E-state index is 0.533. The summed E-state index contributed by atoms with van der Waals surface area (Å²) >= 11 is 6.33. The van der Waals surface area contributed by atoms with E-state index in [4.69, 9.17) is 25.8 Å². The van der Waals surface area contributed by atoms with Gasteiger partial charge in [0, 0.05) is 12.6 Å². The highest BCUT2D eigenvalue weighted by atomic mass is 35.5. The van der Waals surface area contributed by atoms with E-state index in [1.54, 1.807) is 33.6 Å². The molecule has 21 heavy (non-hydrogen) atoms. The Bertz CT molecular complexity index is 603. The van der Waals surface area contributed by atoms with Gasteiger partial charge in [0.1, 0.15) is 0 Å². The Hall–Kier alpha value is -2.14. The summed E-state index contributed by atoms with van der Waals surface area (Å²) in [4.78, 5) is 4.13. The van der Waals surface area contributed by atoms with Gasteiger partial charge in [0.05, 0.1) is 38.2 Å². The van der Waals surface area contributed by atoms with E-state index in [1.165, 1.54) is 0 Å². The zero-order valence-corrected chi connectivity index (χ0v) is 12.9. The van der Waals surface area contributed by atoms with Gasteiger partial charge in [-0.05, 0) is 17.7 Å². The number of pyridine rings is 1. The molecule has 5 nitrogen and oxygen atoms in total. The van der Waals surface area contributed by atoms with E-state index in [2.05, 4.69) is 10.3 Å². The first-order valence-corrected chi connectivity index (χ1v) is 6.70. The van der Waals surface area contributed by atoms with Crippen molar-refractivity contribution >= 4 is 17.3 Å². The lowest BCUT2D eigenvalue weighted by molar-refractivity contribution is 0.355. The van der Waals surface area contributed by atoms with Crippen molar-refractivity contribution in [3.05, 3.63) is 41.0 Å². The maximum Gasteiger partial charge on any atom is 0.213 e. The van der Waals surface area contributed by atoms with E-state index in [9.17, 15) is 0 Å². The number of hydrogen-bond acceptors (Lipinski definition) is 5. The molecule has 0 radical (unpaired) electrons. The zero-order chi connectivity index (χ0) is 15.2. The standard InChI is InChI=1S/C15H17ClN2O3/c1-19-12-6-4-10(14(16)15(12)21-3)8-17-11-5-7-13(20-2)18-9-11/h4-7,9,17H,8H2,1-3H3. The van der Waals surface area contributed by atoms with Crippen LogP contribution in [0.5, 0.6) is 17.4 Å². The number of rotatable bonds is 6. The van der Waals surface area contributed by atoms with Crippen molar-refractivity contribution in [3.8, 4) is 17.4 Å². The zero-order valence-electron chi connectivity index (χ0n) is 12.1. The summed E-state index contributed by atoms with van der Waals surface area (Å²) < 4.78 is 15.5. The minimum Gasteiger partial charge on any atom is -0.493 e. The highest BCUT2D eigenvalue weighted by Gasteiger charge is 2.12. The van der Waals surface area contributed by atoms with Crippen LogP contribution in [0.25, 0.3) is 0 Å². The van der Waals surface area contributed by atoms with E-state index in [1.807, 2.05) is 18.2 Å².